The Morgan fingerprint density at radius 1 is 1.04 bits per heavy atom. The molecule has 0 radical (unpaired) electrons. The standard InChI is InChI=1S/C40H56FN7O2/c1-4-37(26-15-17-27(18-16-26)39(49)50)46(3)40-44-35-20-19-29(28-9-6-10-31(41)21-28)22-34(35)38(45-40)43-36(30-23-42-47(5-2)24-30)25-48-32-11-7-12-33(48)14-8-13-32/h6,9-10,21,23-24,26-27,29,32-33,36-37H,4-5,7-8,11-20,22,25H2,1-3H3,(H,49,50)(H,43,44,45)/t26?,27?,29-,32?,33?,36-,37+/m0/s1. The normalized spacial score (nSPS) is 26.5. The molecule has 2 aliphatic heterocycles. The summed E-state index contributed by atoms with van der Waals surface area (Å²) in [7, 11) is 2.12. The van der Waals surface area contributed by atoms with Crippen LogP contribution in [0.1, 0.15) is 125 Å². The highest BCUT2D eigenvalue weighted by atomic mass is 19.1. The van der Waals surface area contributed by atoms with Gasteiger partial charge in [-0.25, -0.2) is 9.37 Å². The van der Waals surface area contributed by atoms with Gasteiger partial charge >= 0.3 is 5.97 Å². The largest absolute Gasteiger partial charge is 0.481 e. The van der Waals surface area contributed by atoms with Gasteiger partial charge in [-0.05, 0) is 114 Å². The average molecular weight is 686 g/mol. The smallest absolute Gasteiger partial charge is 0.306 e. The van der Waals surface area contributed by atoms with Crippen molar-refractivity contribution in [1.29, 1.82) is 0 Å². The van der Waals surface area contributed by atoms with Gasteiger partial charge in [0.1, 0.15) is 11.6 Å². The third-order valence-corrected chi connectivity index (χ3v) is 12.6. The Balaban J connectivity index is 1.23. The van der Waals surface area contributed by atoms with Gasteiger partial charge in [-0.2, -0.15) is 10.1 Å². The van der Waals surface area contributed by atoms with Gasteiger partial charge < -0.3 is 15.3 Å². The third-order valence-electron chi connectivity index (χ3n) is 12.6. The first-order valence-electron chi connectivity index (χ1n) is 19.5. The Bertz CT molecular complexity index is 1600. The highest BCUT2D eigenvalue weighted by Crippen LogP contribution is 2.40. The molecular weight excluding hydrogens is 629 g/mol. The number of carboxylic acid groups (broad SMARTS) is 1. The number of piperidine rings is 2. The van der Waals surface area contributed by atoms with E-state index in [9.17, 15) is 14.3 Å². The lowest BCUT2D eigenvalue weighted by atomic mass is 9.77. The highest BCUT2D eigenvalue weighted by Gasteiger charge is 2.37. The van der Waals surface area contributed by atoms with Crippen LogP contribution in [0.2, 0.25) is 0 Å². The van der Waals surface area contributed by atoms with E-state index >= 15 is 0 Å². The molecule has 2 N–H and O–H groups in total. The predicted molar refractivity (Wildman–Crippen MR) is 195 cm³/mol. The van der Waals surface area contributed by atoms with Crippen molar-refractivity contribution in [3.63, 3.8) is 0 Å². The molecule has 0 spiro atoms. The summed E-state index contributed by atoms with van der Waals surface area (Å²) in [5.74, 6) is 1.13. The van der Waals surface area contributed by atoms with Gasteiger partial charge in [0.05, 0.1) is 23.9 Å². The second-order valence-corrected chi connectivity index (χ2v) is 15.5. The molecule has 3 aromatic rings. The Morgan fingerprint density at radius 2 is 1.78 bits per heavy atom. The molecule has 10 heteroatoms. The molecule has 7 rings (SSSR count). The second kappa shape index (κ2) is 15.4. The van der Waals surface area contributed by atoms with Gasteiger partial charge in [-0.1, -0.05) is 31.9 Å². The van der Waals surface area contributed by atoms with Gasteiger partial charge in [0.2, 0.25) is 5.95 Å². The lowest BCUT2D eigenvalue weighted by Crippen LogP contribution is -2.51. The van der Waals surface area contributed by atoms with Crippen LogP contribution >= 0.6 is 0 Å². The number of aromatic nitrogens is 4. The van der Waals surface area contributed by atoms with Crippen molar-refractivity contribution in [2.24, 2.45) is 11.8 Å². The van der Waals surface area contributed by atoms with Crippen LogP contribution in [-0.4, -0.2) is 67.4 Å². The molecule has 9 nitrogen and oxygen atoms in total. The molecule has 2 aliphatic carbocycles. The Labute approximate surface area is 297 Å². The van der Waals surface area contributed by atoms with E-state index in [4.69, 9.17) is 15.1 Å². The first-order chi connectivity index (χ1) is 24.3. The van der Waals surface area contributed by atoms with Gasteiger partial charge in [0, 0.05) is 55.6 Å². The van der Waals surface area contributed by atoms with Crippen LogP contribution < -0.4 is 10.2 Å². The topological polar surface area (TPSA) is 99.4 Å². The molecule has 4 heterocycles. The summed E-state index contributed by atoms with van der Waals surface area (Å²) in [4.78, 5) is 27.4. The second-order valence-electron chi connectivity index (χ2n) is 15.5. The maximum Gasteiger partial charge on any atom is 0.306 e. The molecule has 0 amide bonds. The molecule has 3 atom stereocenters. The molecule has 270 valence electrons. The Morgan fingerprint density at radius 3 is 2.42 bits per heavy atom. The number of anilines is 2. The number of carbonyl (C=O) groups is 1. The number of aryl methyl sites for hydroxylation is 2. The fourth-order valence-electron chi connectivity index (χ4n) is 9.81. The number of fused-ring (bicyclic) bond motifs is 3. The zero-order chi connectivity index (χ0) is 34.8. The van der Waals surface area contributed by atoms with Gasteiger partial charge in [0.15, 0.2) is 0 Å². The zero-order valence-corrected chi connectivity index (χ0v) is 30.2. The molecule has 0 unspecified atom stereocenters. The first kappa shape index (κ1) is 34.9. The van der Waals surface area contributed by atoms with E-state index in [0.717, 1.165) is 93.0 Å². The zero-order valence-electron chi connectivity index (χ0n) is 30.2. The summed E-state index contributed by atoms with van der Waals surface area (Å²) in [5.41, 5.74) is 4.44. The quantitative estimate of drug-likeness (QED) is 0.200. The van der Waals surface area contributed by atoms with Crippen molar-refractivity contribution in [3.8, 4) is 0 Å². The lowest BCUT2D eigenvalue weighted by molar-refractivity contribution is -0.143. The minimum atomic E-state index is -0.664. The number of halogens is 1. The summed E-state index contributed by atoms with van der Waals surface area (Å²) in [5, 5.41) is 18.3. The Hall–Kier alpha value is -3.53. The van der Waals surface area contributed by atoms with Crippen LogP contribution in [-0.2, 0) is 24.2 Å². The number of nitrogens with zero attached hydrogens (tertiary/aromatic N) is 6. The molecule has 50 heavy (non-hydrogen) atoms. The summed E-state index contributed by atoms with van der Waals surface area (Å²) in [6.45, 7) is 6.08. The van der Waals surface area contributed by atoms with Crippen LogP contribution in [0.15, 0.2) is 36.7 Å². The summed E-state index contributed by atoms with van der Waals surface area (Å²) in [6, 6.07) is 8.58. The third kappa shape index (κ3) is 7.41. The number of benzene rings is 1. The molecular formula is C40H56FN7O2. The molecule has 2 aromatic heterocycles. The predicted octanol–water partition coefficient (Wildman–Crippen LogP) is 7.77. The lowest BCUT2D eigenvalue weighted by Gasteiger charge is -2.47. The maximum atomic E-state index is 14.4. The Kier molecular flexibility index (Phi) is 10.7. The average Bonchev–Trinajstić information content (AvgIpc) is 3.61. The van der Waals surface area contributed by atoms with Crippen LogP contribution in [0.3, 0.4) is 0 Å². The van der Waals surface area contributed by atoms with E-state index in [0.29, 0.717) is 18.0 Å². The van der Waals surface area contributed by atoms with Crippen molar-refractivity contribution in [1.82, 2.24) is 24.6 Å². The van der Waals surface area contributed by atoms with Gasteiger partial charge in [-0.15, -0.1) is 0 Å². The van der Waals surface area contributed by atoms with Crippen LogP contribution in [0.25, 0.3) is 0 Å². The van der Waals surface area contributed by atoms with Crippen LogP contribution in [0.4, 0.5) is 16.2 Å². The van der Waals surface area contributed by atoms with Crippen LogP contribution in [0.5, 0.6) is 0 Å². The fourth-order valence-corrected chi connectivity index (χ4v) is 9.81. The summed E-state index contributed by atoms with van der Waals surface area (Å²) in [6.07, 6.45) is 18.7. The first-order valence-corrected chi connectivity index (χ1v) is 19.5. The highest BCUT2D eigenvalue weighted by molar-refractivity contribution is 5.70. The van der Waals surface area contributed by atoms with E-state index < -0.39 is 5.97 Å². The van der Waals surface area contributed by atoms with Gasteiger partial charge in [-0.3, -0.25) is 14.4 Å². The van der Waals surface area contributed by atoms with E-state index in [1.807, 2.05) is 16.9 Å². The minimum Gasteiger partial charge on any atom is -0.481 e. The van der Waals surface area contributed by atoms with Crippen molar-refractivity contribution in [2.45, 2.75) is 140 Å². The molecule has 1 aromatic carbocycles. The molecule has 3 fully saturated rings. The summed E-state index contributed by atoms with van der Waals surface area (Å²) < 4.78 is 16.4. The SMILES string of the molecule is CC[C@H](C1CCC(C(=O)O)CC1)N(C)c1nc2c(c(N[C@@H](CN3C4CCCC3CCC4)c3cnn(CC)c3)n1)C[C@@H](c1cccc(F)c1)CC2. The monoisotopic (exact) mass is 685 g/mol. The minimum absolute atomic E-state index is 0.0106. The number of aliphatic carboxylic acids is 1. The van der Waals surface area contributed by atoms with E-state index in [1.54, 1.807) is 6.07 Å². The van der Waals surface area contributed by atoms with Crippen molar-refractivity contribution in [3.05, 3.63) is 64.9 Å². The van der Waals surface area contributed by atoms with E-state index in [2.05, 4.69) is 48.3 Å². The number of nitrogens with one attached hydrogen (secondary N) is 1. The molecule has 4 aliphatic rings. The number of rotatable bonds is 12. The van der Waals surface area contributed by atoms with E-state index in [-0.39, 0.29) is 29.7 Å². The number of carboxylic acids is 1. The number of hydrogen-bond acceptors (Lipinski definition) is 7. The molecule has 2 saturated heterocycles. The summed E-state index contributed by atoms with van der Waals surface area (Å²) >= 11 is 0. The maximum absolute atomic E-state index is 14.4. The molecule has 1 saturated carbocycles. The fraction of sp³-hybridized carbons (Fsp3) is 0.650. The van der Waals surface area contributed by atoms with Crippen molar-refractivity contribution < 1.29 is 14.3 Å². The number of hydrogen-bond donors (Lipinski definition) is 2. The molecule has 2 bridgehead atoms. The van der Waals surface area contributed by atoms with Crippen molar-refractivity contribution in [2.75, 3.05) is 23.8 Å². The van der Waals surface area contributed by atoms with Crippen LogP contribution in [0, 0.1) is 17.7 Å². The van der Waals surface area contributed by atoms with Gasteiger partial charge in [0.25, 0.3) is 0 Å². The van der Waals surface area contributed by atoms with E-state index in [1.165, 1.54) is 50.2 Å². The van der Waals surface area contributed by atoms with Crippen molar-refractivity contribution >= 4 is 17.7 Å².